The first-order valence-corrected chi connectivity index (χ1v) is 10.0. The number of aromatic nitrogens is 1. The Bertz CT molecular complexity index is 847. The smallest absolute Gasteiger partial charge is 0.348 e. The summed E-state index contributed by atoms with van der Waals surface area (Å²) in [7, 11) is 1.39. The Hall–Kier alpha value is -1.54. The van der Waals surface area contributed by atoms with Gasteiger partial charge in [-0.2, -0.15) is 0 Å². The number of thiophene rings is 1. The van der Waals surface area contributed by atoms with Gasteiger partial charge < -0.3 is 10.1 Å². The minimum absolute atomic E-state index is 0.299. The molecule has 0 atom stereocenters. The summed E-state index contributed by atoms with van der Waals surface area (Å²) >= 11 is 10.7. The van der Waals surface area contributed by atoms with Crippen molar-refractivity contribution >= 4 is 62.8 Å². The molecule has 2 heterocycles. The summed E-state index contributed by atoms with van der Waals surface area (Å²) in [5, 5.41) is 8.66. The number of benzene rings is 1. The van der Waals surface area contributed by atoms with Crippen LogP contribution in [0.3, 0.4) is 0 Å². The molecule has 0 aliphatic heterocycles. The van der Waals surface area contributed by atoms with Crippen molar-refractivity contribution in [1.82, 2.24) is 4.98 Å². The maximum absolute atomic E-state index is 11.5. The number of rotatable bonds is 6. The first kappa shape index (κ1) is 17.3. The zero-order chi connectivity index (χ0) is 16.9. The Kier molecular flexibility index (Phi) is 5.78. The molecule has 0 aliphatic rings. The molecule has 0 amide bonds. The van der Waals surface area contributed by atoms with E-state index in [0.717, 1.165) is 27.2 Å². The van der Waals surface area contributed by atoms with E-state index in [0.29, 0.717) is 9.90 Å². The van der Waals surface area contributed by atoms with Crippen LogP contribution in [0.4, 0.5) is 10.8 Å². The number of halogens is 1. The van der Waals surface area contributed by atoms with Crippen LogP contribution in [0.25, 0.3) is 0 Å². The molecule has 0 unspecified atom stereocenters. The fourth-order valence-corrected chi connectivity index (χ4v) is 4.72. The summed E-state index contributed by atoms with van der Waals surface area (Å²) in [6, 6.07) is 9.41. The molecule has 24 heavy (non-hydrogen) atoms. The molecule has 3 rings (SSSR count). The second kappa shape index (κ2) is 8.02. The number of esters is 1. The third-order valence-corrected chi connectivity index (χ3v) is 6.22. The molecule has 3 aromatic rings. The van der Waals surface area contributed by atoms with Gasteiger partial charge in [-0.3, -0.25) is 0 Å². The van der Waals surface area contributed by atoms with Crippen LogP contribution in [0.5, 0.6) is 0 Å². The van der Waals surface area contributed by atoms with Crippen molar-refractivity contribution in [1.29, 1.82) is 0 Å². The lowest BCUT2D eigenvalue weighted by Crippen LogP contribution is -1.96. The molecule has 4 nitrogen and oxygen atoms in total. The van der Waals surface area contributed by atoms with Gasteiger partial charge in [-0.05, 0) is 18.2 Å². The lowest BCUT2D eigenvalue weighted by molar-refractivity contribution is 0.0606. The number of hydrogen-bond acceptors (Lipinski definition) is 7. The van der Waals surface area contributed by atoms with Crippen LogP contribution in [-0.2, 0) is 10.5 Å². The quantitative estimate of drug-likeness (QED) is 0.429. The van der Waals surface area contributed by atoms with Crippen LogP contribution in [-0.4, -0.2) is 18.1 Å². The number of anilines is 2. The van der Waals surface area contributed by atoms with Crippen molar-refractivity contribution in [3.8, 4) is 0 Å². The Balaban J connectivity index is 1.59. The van der Waals surface area contributed by atoms with Gasteiger partial charge in [-0.1, -0.05) is 23.7 Å². The van der Waals surface area contributed by atoms with Gasteiger partial charge in [0.2, 0.25) is 0 Å². The first-order valence-electron chi connectivity index (χ1n) is 6.91. The van der Waals surface area contributed by atoms with Gasteiger partial charge in [0.1, 0.15) is 4.88 Å². The molecular weight excluding hydrogens is 384 g/mol. The fraction of sp³-hybridized carbons (Fsp3) is 0.125. The molecule has 0 spiro atoms. The van der Waals surface area contributed by atoms with E-state index < -0.39 is 0 Å². The number of thiazole rings is 1. The standard InChI is InChI=1S/C16H13ClN2O2S3/c1-21-15(20)14-6-11(9-23-14)22-7-10-8-24-16(18-10)19-13-5-3-2-4-12(13)17/h2-6,8-9H,7H2,1H3,(H,18,19). The van der Waals surface area contributed by atoms with Crippen LogP contribution < -0.4 is 5.32 Å². The molecule has 0 fully saturated rings. The lowest BCUT2D eigenvalue weighted by atomic mass is 10.3. The fourth-order valence-electron chi connectivity index (χ4n) is 1.87. The van der Waals surface area contributed by atoms with Crippen molar-refractivity contribution in [2.24, 2.45) is 0 Å². The summed E-state index contributed by atoms with van der Waals surface area (Å²) in [6.45, 7) is 0. The zero-order valence-corrected chi connectivity index (χ0v) is 15.8. The molecule has 0 saturated carbocycles. The minimum atomic E-state index is -0.299. The summed E-state index contributed by atoms with van der Waals surface area (Å²) in [5.74, 6) is 0.435. The highest BCUT2D eigenvalue weighted by atomic mass is 35.5. The second-order valence-electron chi connectivity index (χ2n) is 4.68. The second-order valence-corrected chi connectivity index (χ2v) is 7.90. The zero-order valence-electron chi connectivity index (χ0n) is 12.6. The maximum Gasteiger partial charge on any atom is 0.348 e. The predicted molar refractivity (Wildman–Crippen MR) is 102 cm³/mol. The average molecular weight is 397 g/mol. The van der Waals surface area contributed by atoms with E-state index in [9.17, 15) is 4.79 Å². The van der Waals surface area contributed by atoms with E-state index in [2.05, 4.69) is 10.3 Å². The largest absolute Gasteiger partial charge is 0.465 e. The van der Waals surface area contributed by atoms with Crippen LogP contribution >= 0.6 is 46.0 Å². The SMILES string of the molecule is COC(=O)c1cc(SCc2csc(Nc3ccccc3Cl)n2)cs1. The third kappa shape index (κ3) is 4.30. The highest BCUT2D eigenvalue weighted by Gasteiger charge is 2.10. The van der Waals surface area contributed by atoms with Crippen LogP contribution in [0.2, 0.25) is 5.02 Å². The summed E-state index contributed by atoms with van der Waals surface area (Å²) < 4.78 is 4.71. The minimum Gasteiger partial charge on any atom is -0.465 e. The Morgan fingerprint density at radius 2 is 2.17 bits per heavy atom. The van der Waals surface area contributed by atoms with E-state index in [1.807, 2.05) is 41.1 Å². The topological polar surface area (TPSA) is 51.2 Å². The number of thioether (sulfide) groups is 1. The highest BCUT2D eigenvalue weighted by molar-refractivity contribution is 7.98. The van der Waals surface area contributed by atoms with E-state index >= 15 is 0 Å². The average Bonchev–Trinajstić information content (AvgIpc) is 3.24. The van der Waals surface area contributed by atoms with Gasteiger partial charge >= 0.3 is 5.97 Å². The molecule has 0 bridgehead atoms. The predicted octanol–water partition coefficient (Wildman–Crippen LogP) is 5.68. The number of nitrogens with one attached hydrogen (secondary N) is 1. The molecule has 124 valence electrons. The molecule has 0 saturated heterocycles. The van der Waals surface area contributed by atoms with Crippen molar-refractivity contribution in [3.63, 3.8) is 0 Å². The monoisotopic (exact) mass is 396 g/mol. The van der Waals surface area contributed by atoms with Crippen LogP contribution in [0, 0.1) is 0 Å². The summed E-state index contributed by atoms with van der Waals surface area (Å²) in [6.07, 6.45) is 0. The van der Waals surface area contributed by atoms with Crippen molar-refractivity contribution in [2.45, 2.75) is 10.6 Å². The van der Waals surface area contributed by atoms with Gasteiger partial charge in [0.25, 0.3) is 0 Å². The van der Waals surface area contributed by atoms with E-state index in [1.54, 1.807) is 11.8 Å². The van der Waals surface area contributed by atoms with Crippen LogP contribution in [0.1, 0.15) is 15.4 Å². The van der Waals surface area contributed by atoms with Gasteiger partial charge in [-0.25, -0.2) is 9.78 Å². The van der Waals surface area contributed by atoms with Crippen molar-refractivity contribution < 1.29 is 9.53 Å². The third-order valence-electron chi connectivity index (χ3n) is 3.02. The number of carbonyl (C=O) groups excluding carboxylic acids is 1. The van der Waals surface area contributed by atoms with Crippen LogP contribution in [0.15, 0.2) is 46.0 Å². The van der Waals surface area contributed by atoms with Gasteiger partial charge in [0.15, 0.2) is 5.13 Å². The molecule has 1 aromatic carbocycles. The summed E-state index contributed by atoms with van der Waals surface area (Å²) in [5.41, 5.74) is 1.82. The number of hydrogen-bond donors (Lipinski definition) is 1. The Morgan fingerprint density at radius 1 is 1.33 bits per heavy atom. The molecule has 2 aromatic heterocycles. The molecule has 1 N–H and O–H groups in total. The van der Waals surface area contributed by atoms with Crippen molar-refractivity contribution in [2.75, 3.05) is 12.4 Å². The first-order chi connectivity index (χ1) is 11.7. The highest BCUT2D eigenvalue weighted by Crippen LogP contribution is 2.31. The number of carbonyl (C=O) groups is 1. The number of methoxy groups -OCH3 is 1. The van der Waals surface area contributed by atoms with Gasteiger partial charge in [0, 0.05) is 21.4 Å². The molecule has 0 radical (unpaired) electrons. The molecule has 8 heteroatoms. The van der Waals surface area contributed by atoms with E-state index in [-0.39, 0.29) is 5.97 Å². The number of nitrogens with zero attached hydrogens (tertiary/aromatic N) is 1. The van der Waals surface area contributed by atoms with E-state index in [4.69, 9.17) is 16.3 Å². The maximum atomic E-state index is 11.5. The normalized spacial score (nSPS) is 10.6. The van der Waals surface area contributed by atoms with Gasteiger partial charge in [0.05, 0.1) is 23.5 Å². The summed E-state index contributed by atoms with van der Waals surface area (Å²) in [4.78, 5) is 17.7. The van der Waals surface area contributed by atoms with Gasteiger partial charge in [-0.15, -0.1) is 34.4 Å². The Labute approximate surface area is 156 Å². The Morgan fingerprint density at radius 3 is 2.96 bits per heavy atom. The number of para-hydroxylation sites is 1. The molecule has 0 aliphatic carbocycles. The lowest BCUT2D eigenvalue weighted by Gasteiger charge is -2.03. The van der Waals surface area contributed by atoms with E-state index in [1.165, 1.54) is 29.8 Å². The number of ether oxygens (including phenoxy) is 1. The van der Waals surface area contributed by atoms with Crippen molar-refractivity contribution in [3.05, 3.63) is 56.7 Å². The molecular formula is C16H13ClN2O2S3.